The van der Waals surface area contributed by atoms with Crippen molar-refractivity contribution < 1.29 is 18.7 Å². The van der Waals surface area contributed by atoms with E-state index in [2.05, 4.69) is 15.0 Å². The Balaban J connectivity index is 1.91. The Morgan fingerprint density at radius 1 is 1.16 bits per heavy atom. The molecule has 0 fully saturated rings. The van der Waals surface area contributed by atoms with E-state index in [9.17, 15) is 14.0 Å². The zero-order valence-corrected chi connectivity index (χ0v) is 13.8. The van der Waals surface area contributed by atoms with Gasteiger partial charge < -0.3 is 10.1 Å². The number of carbonyl (C=O) groups is 2. The molecule has 0 radical (unpaired) electrons. The number of hydrogen-bond donors (Lipinski definition) is 1. The van der Waals surface area contributed by atoms with Gasteiger partial charge in [-0.2, -0.15) is 0 Å². The molecular formula is C18H12ClFN2O3. The number of halogens is 2. The Morgan fingerprint density at radius 3 is 2.72 bits per heavy atom. The molecule has 0 aliphatic carbocycles. The molecule has 0 atom stereocenters. The van der Waals surface area contributed by atoms with Crippen LogP contribution in [-0.2, 0) is 4.74 Å². The van der Waals surface area contributed by atoms with Crippen molar-refractivity contribution in [3.8, 4) is 0 Å². The number of methoxy groups -OCH3 is 1. The predicted molar refractivity (Wildman–Crippen MR) is 92.4 cm³/mol. The Bertz CT molecular complexity index is 991. The summed E-state index contributed by atoms with van der Waals surface area (Å²) < 4.78 is 17.9. The minimum absolute atomic E-state index is 0.0419. The van der Waals surface area contributed by atoms with Crippen molar-refractivity contribution in [2.24, 2.45) is 0 Å². The number of anilines is 1. The van der Waals surface area contributed by atoms with Crippen LogP contribution in [0.3, 0.4) is 0 Å². The molecule has 0 saturated heterocycles. The van der Waals surface area contributed by atoms with E-state index in [-0.39, 0.29) is 10.7 Å². The van der Waals surface area contributed by atoms with Crippen molar-refractivity contribution in [3.05, 3.63) is 70.6 Å². The first-order valence-electron chi connectivity index (χ1n) is 7.23. The normalized spacial score (nSPS) is 10.5. The van der Waals surface area contributed by atoms with E-state index in [1.165, 1.54) is 37.4 Å². The molecule has 1 heterocycles. The lowest BCUT2D eigenvalue weighted by atomic mass is 10.1. The first-order valence-corrected chi connectivity index (χ1v) is 7.61. The SMILES string of the molecule is COC(=O)c1cccc(NC(=O)c2cc3ccc(F)cc3nc2Cl)c1. The van der Waals surface area contributed by atoms with Gasteiger partial charge in [0, 0.05) is 17.1 Å². The quantitative estimate of drug-likeness (QED) is 0.566. The van der Waals surface area contributed by atoms with Crippen molar-refractivity contribution in [2.75, 3.05) is 12.4 Å². The average Bonchev–Trinajstić information content (AvgIpc) is 2.60. The number of benzene rings is 2. The summed E-state index contributed by atoms with van der Waals surface area (Å²) in [6.45, 7) is 0. The Morgan fingerprint density at radius 2 is 1.96 bits per heavy atom. The number of nitrogens with zero attached hydrogens (tertiary/aromatic N) is 1. The molecule has 2 aromatic carbocycles. The molecule has 25 heavy (non-hydrogen) atoms. The van der Waals surface area contributed by atoms with Crippen LogP contribution in [0.5, 0.6) is 0 Å². The minimum Gasteiger partial charge on any atom is -0.465 e. The summed E-state index contributed by atoms with van der Waals surface area (Å²) in [5.41, 5.74) is 1.21. The number of nitrogens with one attached hydrogen (secondary N) is 1. The molecule has 0 aliphatic heterocycles. The second kappa shape index (κ2) is 6.86. The summed E-state index contributed by atoms with van der Waals surface area (Å²) in [5, 5.41) is 3.19. The molecule has 0 spiro atoms. The van der Waals surface area contributed by atoms with Gasteiger partial charge in [-0.1, -0.05) is 17.7 Å². The number of hydrogen-bond acceptors (Lipinski definition) is 4. The Hall–Kier alpha value is -2.99. The van der Waals surface area contributed by atoms with Gasteiger partial charge in [0.2, 0.25) is 0 Å². The van der Waals surface area contributed by atoms with Gasteiger partial charge in [-0.05, 0) is 36.4 Å². The van der Waals surface area contributed by atoms with Gasteiger partial charge in [-0.15, -0.1) is 0 Å². The monoisotopic (exact) mass is 358 g/mol. The molecule has 0 aliphatic rings. The fourth-order valence-electron chi connectivity index (χ4n) is 2.32. The number of pyridine rings is 1. The van der Waals surface area contributed by atoms with Crippen LogP contribution in [0, 0.1) is 5.82 Å². The maximum absolute atomic E-state index is 13.2. The largest absolute Gasteiger partial charge is 0.465 e. The number of aromatic nitrogens is 1. The van der Waals surface area contributed by atoms with Crippen LogP contribution in [0.1, 0.15) is 20.7 Å². The number of amides is 1. The fourth-order valence-corrected chi connectivity index (χ4v) is 2.55. The van der Waals surface area contributed by atoms with Gasteiger partial charge >= 0.3 is 5.97 Å². The Kier molecular flexibility index (Phi) is 4.63. The van der Waals surface area contributed by atoms with Crippen LogP contribution in [0.15, 0.2) is 48.5 Å². The number of carbonyl (C=O) groups excluding carboxylic acids is 2. The van der Waals surface area contributed by atoms with Crippen molar-refractivity contribution in [1.82, 2.24) is 4.98 Å². The zero-order chi connectivity index (χ0) is 18.0. The van der Waals surface area contributed by atoms with E-state index in [1.807, 2.05) is 0 Å². The van der Waals surface area contributed by atoms with E-state index < -0.39 is 17.7 Å². The van der Waals surface area contributed by atoms with E-state index in [0.29, 0.717) is 22.2 Å². The molecule has 1 amide bonds. The molecule has 5 nitrogen and oxygen atoms in total. The van der Waals surface area contributed by atoms with Crippen LogP contribution in [0.2, 0.25) is 5.15 Å². The van der Waals surface area contributed by atoms with E-state index in [0.717, 1.165) is 0 Å². The van der Waals surface area contributed by atoms with Gasteiger partial charge in [-0.3, -0.25) is 4.79 Å². The van der Waals surface area contributed by atoms with Gasteiger partial charge in [0.15, 0.2) is 0 Å². The number of fused-ring (bicyclic) bond motifs is 1. The summed E-state index contributed by atoms with van der Waals surface area (Å²) in [4.78, 5) is 28.1. The predicted octanol–water partition coefficient (Wildman–Crippen LogP) is 4.07. The lowest BCUT2D eigenvalue weighted by Gasteiger charge is -2.09. The van der Waals surface area contributed by atoms with Crippen molar-refractivity contribution in [2.45, 2.75) is 0 Å². The first kappa shape index (κ1) is 16.9. The second-order valence-corrected chi connectivity index (χ2v) is 5.55. The average molecular weight is 359 g/mol. The third kappa shape index (κ3) is 3.59. The van der Waals surface area contributed by atoms with Crippen LogP contribution < -0.4 is 5.32 Å². The number of ether oxygens (including phenoxy) is 1. The Labute approximate surface area is 147 Å². The molecule has 3 aromatic rings. The van der Waals surface area contributed by atoms with Crippen molar-refractivity contribution >= 4 is 40.1 Å². The zero-order valence-electron chi connectivity index (χ0n) is 13.0. The highest BCUT2D eigenvalue weighted by atomic mass is 35.5. The van der Waals surface area contributed by atoms with Gasteiger partial charge in [-0.25, -0.2) is 14.2 Å². The van der Waals surface area contributed by atoms with E-state index in [1.54, 1.807) is 18.2 Å². The van der Waals surface area contributed by atoms with Crippen LogP contribution >= 0.6 is 11.6 Å². The van der Waals surface area contributed by atoms with E-state index >= 15 is 0 Å². The molecule has 126 valence electrons. The molecule has 3 rings (SSSR count). The van der Waals surface area contributed by atoms with Crippen LogP contribution in [-0.4, -0.2) is 24.0 Å². The molecule has 1 N–H and O–H groups in total. The van der Waals surface area contributed by atoms with Crippen LogP contribution in [0.4, 0.5) is 10.1 Å². The highest BCUT2D eigenvalue weighted by Crippen LogP contribution is 2.23. The maximum atomic E-state index is 13.2. The number of esters is 1. The van der Waals surface area contributed by atoms with Crippen LogP contribution in [0.25, 0.3) is 10.9 Å². The van der Waals surface area contributed by atoms with Gasteiger partial charge in [0.1, 0.15) is 11.0 Å². The number of rotatable bonds is 3. The topological polar surface area (TPSA) is 68.3 Å². The lowest BCUT2D eigenvalue weighted by Crippen LogP contribution is -2.13. The minimum atomic E-state index is -0.511. The smallest absolute Gasteiger partial charge is 0.337 e. The lowest BCUT2D eigenvalue weighted by molar-refractivity contribution is 0.0600. The van der Waals surface area contributed by atoms with Crippen molar-refractivity contribution in [1.29, 1.82) is 0 Å². The summed E-state index contributed by atoms with van der Waals surface area (Å²) in [5.74, 6) is -1.44. The van der Waals surface area contributed by atoms with E-state index in [4.69, 9.17) is 11.6 Å². The summed E-state index contributed by atoms with van der Waals surface area (Å²) in [6.07, 6.45) is 0. The van der Waals surface area contributed by atoms with Crippen molar-refractivity contribution in [3.63, 3.8) is 0 Å². The molecule has 0 unspecified atom stereocenters. The highest BCUT2D eigenvalue weighted by Gasteiger charge is 2.15. The third-order valence-electron chi connectivity index (χ3n) is 3.52. The molecule has 0 saturated carbocycles. The third-order valence-corrected chi connectivity index (χ3v) is 3.81. The van der Waals surface area contributed by atoms with Gasteiger partial charge in [0.25, 0.3) is 5.91 Å². The highest BCUT2D eigenvalue weighted by molar-refractivity contribution is 6.33. The summed E-state index contributed by atoms with van der Waals surface area (Å²) in [6, 6.07) is 11.9. The fraction of sp³-hybridized carbons (Fsp3) is 0.0556. The maximum Gasteiger partial charge on any atom is 0.337 e. The first-order chi connectivity index (χ1) is 12.0. The van der Waals surface area contributed by atoms with Gasteiger partial charge in [0.05, 0.1) is 23.8 Å². The molecule has 1 aromatic heterocycles. The molecule has 7 heteroatoms. The summed E-state index contributed by atoms with van der Waals surface area (Å²) >= 11 is 6.05. The standard InChI is InChI=1S/C18H12ClFN2O3/c1-25-18(24)11-3-2-4-13(7-11)21-17(23)14-8-10-5-6-12(20)9-15(10)22-16(14)19/h2-9H,1H3,(H,21,23). The molecule has 0 bridgehead atoms. The molecular weight excluding hydrogens is 347 g/mol. The second-order valence-electron chi connectivity index (χ2n) is 5.19. The summed E-state index contributed by atoms with van der Waals surface area (Å²) in [7, 11) is 1.27.